The first kappa shape index (κ1) is 19.0. The van der Waals surface area contributed by atoms with Crippen LogP contribution < -0.4 is 16.2 Å². The Balaban J connectivity index is 1.99. The van der Waals surface area contributed by atoms with Crippen molar-refractivity contribution in [3.05, 3.63) is 34.2 Å². The van der Waals surface area contributed by atoms with E-state index in [0.29, 0.717) is 12.1 Å². The number of carbonyl (C=O) groups is 2. The smallest absolute Gasteiger partial charge is 0.335 e. The first-order chi connectivity index (χ1) is 11.7. The Kier molecular flexibility index (Phi) is 5.86. The molecule has 0 bridgehead atoms. The summed E-state index contributed by atoms with van der Waals surface area (Å²) >= 11 is 0. The Morgan fingerprint density at radius 1 is 1.24 bits per heavy atom. The van der Waals surface area contributed by atoms with E-state index in [1.807, 2.05) is 0 Å². The SMILES string of the molecule is CC(C(=O)NC(=O)NC1CCCCC1)n1ccc(C(F)(F)F)cc1=O. The summed E-state index contributed by atoms with van der Waals surface area (Å²) in [7, 11) is 0. The number of halogens is 3. The van der Waals surface area contributed by atoms with E-state index in [4.69, 9.17) is 0 Å². The van der Waals surface area contributed by atoms with Gasteiger partial charge in [0.15, 0.2) is 0 Å². The molecule has 0 aromatic carbocycles. The van der Waals surface area contributed by atoms with Gasteiger partial charge in [-0.1, -0.05) is 19.3 Å². The van der Waals surface area contributed by atoms with E-state index in [9.17, 15) is 27.6 Å². The number of aromatic nitrogens is 1. The van der Waals surface area contributed by atoms with Crippen LogP contribution in [-0.2, 0) is 11.0 Å². The quantitative estimate of drug-likeness (QED) is 0.871. The number of nitrogens with one attached hydrogen (secondary N) is 2. The molecule has 1 aliphatic rings. The monoisotopic (exact) mass is 359 g/mol. The number of nitrogens with zero attached hydrogens (tertiary/aromatic N) is 1. The van der Waals surface area contributed by atoms with Crippen molar-refractivity contribution in [2.45, 2.75) is 57.3 Å². The lowest BCUT2D eigenvalue weighted by Crippen LogP contribution is -2.47. The molecule has 0 spiro atoms. The van der Waals surface area contributed by atoms with Crippen molar-refractivity contribution in [3.8, 4) is 0 Å². The Morgan fingerprint density at radius 2 is 1.88 bits per heavy atom. The summed E-state index contributed by atoms with van der Waals surface area (Å²) in [5.74, 6) is -0.768. The third kappa shape index (κ3) is 5.07. The number of alkyl halides is 3. The fraction of sp³-hybridized carbons (Fsp3) is 0.562. The Morgan fingerprint density at radius 3 is 2.44 bits per heavy atom. The summed E-state index contributed by atoms with van der Waals surface area (Å²) in [6.45, 7) is 1.33. The number of hydrogen-bond donors (Lipinski definition) is 2. The van der Waals surface area contributed by atoms with E-state index in [1.54, 1.807) is 0 Å². The van der Waals surface area contributed by atoms with Crippen LogP contribution in [0.5, 0.6) is 0 Å². The third-order valence-corrected chi connectivity index (χ3v) is 4.25. The Bertz CT molecular complexity index is 694. The highest BCUT2D eigenvalue weighted by Crippen LogP contribution is 2.27. The molecule has 1 heterocycles. The first-order valence-corrected chi connectivity index (χ1v) is 8.09. The summed E-state index contributed by atoms with van der Waals surface area (Å²) in [5, 5.41) is 4.82. The maximum Gasteiger partial charge on any atom is 0.416 e. The zero-order chi connectivity index (χ0) is 18.6. The zero-order valence-corrected chi connectivity index (χ0v) is 13.7. The van der Waals surface area contributed by atoms with Crippen molar-refractivity contribution in [2.24, 2.45) is 0 Å². The van der Waals surface area contributed by atoms with Gasteiger partial charge in [0, 0.05) is 18.3 Å². The van der Waals surface area contributed by atoms with Gasteiger partial charge in [0.05, 0.1) is 5.56 Å². The predicted molar refractivity (Wildman–Crippen MR) is 84.0 cm³/mol. The molecule has 1 saturated carbocycles. The number of hydrogen-bond acceptors (Lipinski definition) is 3. The summed E-state index contributed by atoms with van der Waals surface area (Å²) in [5.41, 5.74) is -2.05. The number of urea groups is 1. The van der Waals surface area contributed by atoms with Gasteiger partial charge in [-0.15, -0.1) is 0 Å². The molecule has 1 aliphatic carbocycles. The van der Waals surface area contributed by atoms with Gasteiger partial charge in [-0.25, -0.2) is 4.79 Å². The minimum absolute atomic E-state index is 0.00523. The minimum atomic E-state index is -4.64. The van der Waals surface area contributed by atoms with Gasteiger partial charge < -0.3 is 9.88 Å². The molecule has 2 rings (SSSR count). The van der Waals surface area contributed by atoms with Crippen LogP contribution in [0.1, 0.15) is 50.6 Å². The zero-order valence-electron chi connectivity index (χ0n) is 13.7. The summed E-state index contributed by atoms with van der Waals surface area (Å²) < 4.78 is 38.6. The molecule has 1 fully saturated rings. The Hall–Kier alpha value is -2.32. The average molecular weight is 359 g/mol. The van der Waals surface area contributed by atoms with Crippen molar-refractivity contribution < 1.29 is 22.8 Å². The molecule has 9 heteroatoms. The molecule has 1 aromatic rings. The normalized spacial score (nSPS) is 17.0. The predicted octanol–water partition coefficient (Wildman–Crippen LogP) is 2.59. The van der Waals surface area contributed by atoms with Gasteiger partial charge in [0.2, 0.25) is 0 Å². The van der Waals surface area contributed by atoms with Crippen LogP contribution in [0, 0.1) is 0 Å². The highest BCUT2D eigenvalue weighted by molar-refractivity contribution is 5.96. The molecule has 1 atom stereocenters. The van der Waals surface area contributed by atoms with E-state index < -0.39 is 35.3 Å². The van der Waals surface area contributed by atoms with Gasteiger partial charge in [-0.3, -0.25) is 14.9 Å². The van der Waals surface area contributed by atoms with E-state index >= 15 is 0 Å². The summed E-state index contributed by atoms with van der Waals surface area (Å²) in [6, 6.07) is -0.639. The molecule has 0 aliphatic heterocycles. The molecule has 2 N–H and O–H groups in total. The molecule has 0 saturated heterocycles. The van der Waals surface area contributed by atoms with Crippen molar-refractivity contribution in [3.63, 3.8) is 0 Å². The lowest BCUT2D eigenvalue weighted by Gasteiger charge is -2.23. The molecule has 0 radical (unpaired) electrons. The van der Waals surface area contributed by atoms with Gasteiger partial charge in [-0.2, -0.15) is 13.2 Å². The standard InChI is InChI=1S/C16H20F3N3O3/c1-10(22-8-7-11(9-13(22)23)16(17,18)19)14(24)21-15(25)20-12-5-3-2-4-6-12/h7-10,12H,2-6H2,1H3,(H2,20,21,24,25). The van der Waals surface area contributed by atoms with Crippen LogP contribution in [-0.4, -0.2) is 22.5 Å². The second kappa shape index (κ2) is 7.71. The maximum atomic E-state index is 12.6. The van der Waals surface area contributed by atoms with Crippen molar-refractivity contribution in [2.75, 3.05) is 0 Å². The third-order valence-electron chi connectivity index (χ3n) is 4.25. The van der Waals surface area contributed by atoms with E-state index in [-0.39, 0.29) is 6.04 Å². The molecular weight excluding hydrogens is 339 g/mol. The Labute approximate surface area is 142 Å². The highest BCUT2D eigenvalue weighted by Gasteiger charge is 2.31. The number of carbonyl (C=O) groups excluding carboxylic acids is 2. The van der Waals surface area contributed by atoms with Gasteiger partial charge >= 0.3 is 12.2 Å². The highest BCUT2D eigenvalue weighted by atomic mass is 19.4. The second-order valence-electron chi connectivity index (χ2n) is 6.13. The topological polar surface area (TPSA) is 80.2 Å². The van der Waals surface area contributed by atoms with Crippen molar-refractivity contribution >= 4 is 11.9 Å². The minimum Gasteiger partial charge on any atom is -0.335 e. The molecule has 25 heavy (non-hydrogen) atoms. The van der Waals surface area contributed by atoms with Crippen LogP contribution in [0.2, 0.25) is 0 Å². The van der Waals surface area contributed by atoms with Crippen LogP contribution in [0.3, 0.4) is 0 Å². The first-order valence-electron chi connectivity index (χ1n) is 8.09. The van der Waals surface area contributed by atoms with E-state index in [0.717, 1.165) is 42.9 Å². The molecule has 1 unspecified atom stereocenters. The molecule has 1 aromatic heterocycles. The number of imide groups is 1. The fourth-order valence-electron chi connectivity index (χ4n) is 2.80. The molecular formula is C16H20F3N3O3. The number of rotatable bonds is 3. The van der Waals surface area contributed by atoms with Gasteiger partial charge in [0.25, 0.3) is 11.5 Å². The maximum absolute atomic E-state index is 12.6. The van der Waals surface area contributed by atoms with Crippen LogP contribution in [0.4, 0.5) is 18.0 Å². The fourth-order valence-corrected chi connectivity index (χ4v) is 2.80. The largest absolute Gasteiger partial charge is 0.416 e. The van der Waals surface area contributed by atoms with Crippen molar-refractivity contribution in [1.82, 2.24) is 15.2 Å². The van der Waals surface area contributed by atoms with Gasteiger partial charge in [-0.05, 0) is 25.8 Å². The van der Waals surface area contributed by atoms with Crippen LogP contribution in [0.25, 0.3) is 0 Å². The number of amides is 3. The molecule has 138 valence electrons. The van der Waals surface area contributed by atoms with E-state index in [1.165, 1.54) is 6.92 Å². The van der Waals surface area contributed by atoms with Crippen LogP contribution in [0.15, 0.2) is 23.1 Å². The lowest BCUT2D eigenvalue weighted by atomic mass is 9.96. The molecule has 6 nitrogen and oxygen atoms in total. The summed E-state index contributed by atoms with van der Waals surface area (Å²) in [4.78, 5) is 35.7. The van der Waals surface area contributed by atoms with Gasteiger partial charge in [0.1, 0.15) is 6.04 Å². The van der Waals surface area contributed by atoms with Crippen LogP contribution >= 0.6 is 0 Å². The van der Waals surface area contributed by atoms with E-state index in [2.05, 4.69) is 10.6 Å². The number of pyridine rings is 1. The van der Waals surface area contributed by atoms with Crippen molar-refractivity contribution in [1.29, 1.82) is 0 Å². The lowest BCUT2D eigenvalue weighted by molar-refractivity contribution is -0.137. The average Bonchev–Trinajstić information content (AvgIpc) is 2.54. The molecule has 3 amide bonds. The summed E-state index contributed by atoms with van der Waals surface area (Å²) in [6.07, 6.45) is 1.09. The second-order valence-corrected chi connectivity index (χ2v) is 6.13.